The van der Waals surface area contributed by atoms with E-state index in [1.165, 1.54) is 12.1 Å². The molecule has 0 aliphatic heterocycles. The molecule has 0 bridgehead atoms. The lowest BCUT2D eigenvalue weighted by Crippen LogP contribution is -2.33. The maximum atomic E-state index is 11.3. The molecule has 0 saturated heterocycles. The van der Waals surface area contributed by atoms with Gasteiger partial charge in [0.05, 0.1) is 6.54 Å². The van der Waals surface area contributed by atoms with Gasteiger partial charge < -0.3 is 21.5 Å². The molecule has 0 aromatic heterocycles. The largest absolute Gasteiger partial charge is 0.480 e. The molecule has 0 aliphatic rings. The van der Waals surface area contributed by atoms with Gasteiger partial charge in [0.25, 0.3) is 0 Å². The minimum absolute atomic E-state index is 0.0815. The van der Waals surface area contributed by atoms with E-state index in [4.69, 9.17) is 10.8 Å². The number of carboxylic acids is 1. The number of nitrogens with one attached hydrogen (secondary N) is 2. The SMILES string of the molecule is NC(=O)c1ccc(NCC(=O)NCC(=O)O)c(Br)c1. The standard InChI is InChI=1S/C11H12BrN3O4/c12-7-3-6(11(13)19)1-2-8(7)14-4-9(16)15-5-10(17)18/h1-3,14H,4-5H2,(H2,13,19)(H,15,16)(H,17,18). The number of nitrogens with two attached hydrogens (primary N) is 1. The van der Waals surface area contributed by atoms with E-state index in [1.807, 2.05) is 0 Å². The van der Waals surface area contributed by atoms with Gasteiger partial charge in [-0.1, -0.05) is 0 Å². The van der Waals surface area contributed by atoms with Crippen LogP contribution in [0.2, 0.25) is 0 Å². The van der Waals surface area contributed by atoms with Gasteiger partial charge in [-0.3, -0.25) is 14.4 Å². The molecule has 0 fully saturated rings. The summed E-state index contributed by atoms with van der Waals surface area (Å²) >= 11 is 3.23. The van der Waals surface area contributed by atoms with E-state index in [1.54, 1.807) is 6.07 Å². The van der Waals surface area contributed by atoms with Gasteiger partial charge in [0.15, 0.2) is 0 Å². The zero-order valence-corrected chi connectivity index (χ0v) is 11.4. The predicted molar refractivity (Wildman–Crippen MR) is 71.8 cm³/mol. The van der Waals surface area contributed by atoms with Crippen molar-refractivity contribution in [3.63, 3.8) is 0 Å². The zero-order chi connectivity index (χ0) is 14.4. The Labute approximate surface area is 117 Å². The highest BCUT2D eigenvalue weighted by atomic mass is 79.9. The summed E-state index contributed by atoms with van der Waals surface area (Å²) in [6, 6.07) is 4.64. The molecule has 2 amide bonds. The van der Waals surface area contributed by atoms with Crippen LogP contribution in [0.3, 0.4) is 0 Å². The number of benzene rings is 1. The van der Waals surface area contributed by atoms with Gasteiger partial charge in [-0.2, -0.15) is 0 Å². The topological polar surface area (TPSA) is 122 Å². The zero-order valence-electron chi connectivity index (χ0n) is 9.77. The molecule has 0 saturated carbocycles. The molecule has 1 aromatic rings. The van der Waals surface area contributed by atoms with Crippen LogP contribution in [-0.2, 0) is 9.59 Å². The Balaban J connectivity index is 2.56. The summed E-state index contributed by atoms with van der Waals surface area (Å²) < 4.78 is 0.579. The summed E-state index contributed by atoms with van der Waals surface area (Å²) in [4.78, 5) is 32.5. The number of amides is 2. The lowest BCUT2D eigenvalue weighted by atomic mass is 10.2. The van der Waals surface area contributed by atoms with Crippen molar-refractivity contribution in [3.05, 3.63) is 28.2 Å². The Morgan fingerprint density at radius 3 is 2.47 bits per heavy atom. The number of rotatable bonds is 6. The Bertz CT molecular complexity index is 519. The van der Waals surface area contributed by atoms with Gasteiger partial charge in [0.2, 0.25) is 11.8 Å². The van der Waals surface area contributed by atoms with Gasteiger partial charge in [0, 0.05) is 15.7 Å². The first kappa shape index (κ1) is 15.0. The van der Waals surface area contributed by atoms with E-state index in [2.05, 4.69) is 26.6 Å². The van der Waals surface area contributed by atoms with E-state index in [0.717, 1.165) is 0 Å². The van der Waals surface area contributed by atoms with Gasteiger partial charge in [-0.05, 0) is 34.1 Å². The Kier molecular flexibility index (Phi) is 5.31. The number of carboxylic acid groups (broad SMARTS) is 1. The molecule has 0 aliphatic carbocycles. The highest BCUT2D eigenvalue weighted by Crippen LogP contribution is 2.23. The van der Waals surface area contributed by atoms with Crippen LogP contribution in [0.5, 0.6) is 0 Å². The van der Waals surface area contributed by atoms with E-state index in [9.17, 15) is 14.4 Å². The number of primary amides is 1. The summed E-state index contributed by atoms with van der Waals surface area (Å²) in [5, 5.41) is 13.4. The fourth-order valence-electron chi connectivity index (χ4n) is 1.22. The molecule has 0 spiro atoms. The van der Waals surface area contributed by atoms with Crippen molar-refractivity contribution in [2.45, 2.75) is 0 Å². The number of hydrogen-bond acceptors (Lipinski definition) is 4. The minimum atomic E-state index is -1.11. The summed E-state index contributed by atoms with van der Waals surface area (Å²) in [7, 11) is 0. The molecule has 5 N–H and O–H groups in total. The van der Waals surface area contributed by atoms with Gasteiger partial charge in [0.1, 0.15) is 6.54 Å². The second kappa shape index (κ2) is 6.74. The fraction of sp³-hybridized carbons (Fsp3) is 0.182. The quantitative estimate of drug-likeness (QED) is 0.592. The van der Waals surface area contributed by atoms with Crippen LogP contribution in [0.25, 0.3) is 0 Å². The normalized spacial score (nSPS) is 9.74. The van der Waals surface area contributed by atoms with E-state index in [0.29, 0.717) is 15.7 Å². The van der Waals surface area contributed by atoms with Gasteiger partial charge in [-0.25, -0.2) is 0 Å². The smallest absolute Gasteiger partial charge is 0.322 e. The van der Waals surface area contributed by atoms with Crippen molar-refractivity contribution in [1.29, 1.82) is 0 Å². The molecule has 8 heteroatoms. The Hall–Kier alpha value is -2.09. The molecule has 102 valence electrons. The fourth-order valence-corrected chi connectivity index (χ4v) is 1.74. The molecule has 1 aromatic carbocycles. The number of halogens is 1. The molecule has 1 rings (SSSR count). The van der Waals surface area contributed by atoms with Crippen molar-refractivity contribution in [3.8, 4) is 0 Å². The van der Waals surface area contributed by atoms with Crippen LogP contribution in [-0.4, -0.2) is 36.0 Å². The van der Waals surface area contributed by atoms with Crippen molar-refractivity contribution in [1.82, 2.24) is 5.32 Å². The first-order valence-corrected chi connectivity index (χ1v) is 6.01. The van der Waals surface area contributed by atoms with Gasteiger partial charge >= 0.3 is 5.97 Å². The Morgan fingerprint density at radius 2 is 1.95 bits per heavy atom. The average Bonchev–Trinajstić information content (AvgIpc) is 2.34. The van der Waals surface area contributed by atoms with Crippen molar-refractivity contribution in [2.24, 2.45) is 5.73 Å². The summed E-state index contributed by atoms with van der Waals surface area (Å²) in [5.41, 5.74) is 6.06. The molecular formula is C11H12BrN3O4. The second-order valence-electron chi connectivity index (χ2n) is 3.58. The first-order valence-electron chi connectivity index (χ1n) is 5.22. The summed E-state index contributed by atoms with van der Waals surface area (Å²) in [6.07, 6.45) is 0. The molecule has 0 atom stereocenters. The maximum absolute atomic E-state index is 11.3. The molecule has 19 heavy (non-hydrogen) atoms. The van der Waals surface area contributed by atoms with Crippen LogP contribution in [0.15, 0.2) is 22.7 Å². The minimum Gasteiger partial charge on any atom is -0.480 e. The van der Waals surface area contributed by atoms with E-state index < -0.39 is 24.3 Å². The number of carbonyl (C=O) groups is 3. The van der Waals surface area contributed by atoms with Crippen LogP contribution in [0.1, 0.15) is 10.4 Å². The third-order valence-corrected chi connectivity index (χ3v) is 2.79. The van der Waals surface area contributed by atoms with E-state index >= 15 is 0 Å². The lowest BCUT2D eigenvalue weighted by molar-refractivity contribution is -0.137. The number of hydrogen-bond donors (Lipinski definition) is 4. The monoisotopic (exact) mass is 329 g/mol. The molecule has 0 heterocycles. The number of anilines is 1. The molecule has 0 radical (unpaired) electrons. The van der Waals surface area contributed by atoms with Crippen molar-refractivity contribution < 1.29 is 19.5 Å². The third-order valence-electron chi connectivity index (χ3n) is 2.13. The Morgan fingerprint density at radius 1 is 1.26 bits per heavy atom. The number of carbonyl (C=O) groups excluding carboxylic acids is 2. The predicted octanol–water partition coefficient (Wildman–Crippen LogP) is 0.161. The highest BCUT2D eigenvalue weighted by molar-refractivity contribution is 9.10. The number of aliphatic carboxylic acids is 1. The molecule has 0 unspecified atom stereocenters. The lowest BCUT2D eigenvalue weighted by Gasteiger charge is -2.09. The average molecular weight is 330 g/mol. The second-order valence-corrected chi connectivity index (χ2v) is 4.44. The maximum Gasteiger partial charge on any atom is 0.322 e. The molecule has 7 nitrogen and oxygen atoms in total. The van der Waals surface area contributed by atoms with Crippen molar-refractivity contribution >= 4 is 39.4 Å². The third kappa shape index (κ3) is 4.96. The van der Waals surface area contributed by atoms with E-state index in [-0.39, 0.29) is 6.54 Å². The van der Waals surface area contributed by atoms with Crippen LogP contribution >= 0.6 is 15.9 Å². The highest BCUT2D eigenvalue weighted by Gasteiger charge is 2.07. The molecular weight excluding hydrogens is 318 g/mol. The summed E-state index contributed by atoms with van der Waals surface area (Å²) in [6.45, 7) is -0.510. The van der Waals surface area contributed by atoms with Crippen LogP contribution < -0.4 is 16.4 Å². The van der Waals surface area contributed by atoms with Crippen LogP contribution in [0, 0.1) is 0 Å². The van der Waals surface area contributed by atoms with Gasteiger partial charge in [-0.15, -0.1) is 0 Å². The first-order chi connectivity index (χ1) is 8.90. The summed E-state index contributed by atoms with van der Waals surface area (Å²) in [5.74, 6) is -2.11. The van der Waals surface area contributed by atoms with Crippen molar-refractivity contribution in [2.75, 3.05) is 18.4 Å². The van der Waals surface area contributed by atoms with Crippen LogP contribution in [0.4, 0.5) is 5.69 Å².